The van der Waals surface area contributed by atoms with Crippen molar-refractivity contribution in [1.29, 1.82) is 0 Å². The number of halogens is 1. The van der Waals surface area contributed by atoms with Gasteiger partial charge in [-0.2, -0.15) is 0 Å². The minimum atomic E-state index is 0.526. The molecule has 3 heteroatoms. The van der Waals surface area contributed by atoms with Crippen molar-refractivity contribution < 1.29 is 0 Å². The molecule has 3 unspecified atom stereocenters. The number of rotatable bonds is 2. The van der Waals surface area contributed by atoms with E-state index in [1.165, 1.54) is 17.4 Å². The van der Waals surface area contributed by atoms with Crippen molar-refractivity contribution in [1.82, 2.24) is 4.98 Å². The van der Waals surface area contributed by atoms with Gasteiger partial charge >= 0.3 is 0 Å². The number of aromatic nitrogens is 1. The van der Waals surface area contributed by atoms with Crippen LogP contribution in [-0.2, 0) is 5.88 Å². The van der Waals surface area contributed by atoms with Crippen LogP contribution in [0.15, 0.2) is 30.3 Å². The van der Waals surface area contributed by atoms with Crippen molar-refractivity contribution in [2.75, 3.05) is 11.4 Å². The molecule has 0 saturated carbocycles. The standard InChI is InChI=1S/C18H23ClN2/c1-12-8-13(2)14(3)21(11-12)18-9-15(10-19)16-6-4-5-7-17(16)20-18/h4-7,9,12-14H,8,10-11H2,1-3H3. The highest BCUT2D eigenvalue weighted by atomic mass is 35.5. The zero-order valence-corrected chi connectivity index (χ0v) is 13.8. The van der Waals surface area contributed by atoms with Crippen molar-refractivity contribution in [3.63, 3.8) is 0 Å². The fraction of sp³-hybridized carbons (Fsp3) is 0.500. The van der Waals surface area contributed by atoms with Crippen LogP contribution in [0, 0.1) is 11.8 Å². The van der Waals surface area contributed by atoms with E-state index in [0.717, 1.165) is 17.9 Å². The predicted molar refractivity (Wildman–Crippen MR) is 91.1 cm³/mol. The number of hydrogen-bond donors (Lipinski definition) is 0. The lowest BCUT2D eigenvalue weighted by molar-refractivity contribution is 0.295. The Balaban J connectivity index is 2.07. The van der Waals surface area contributed by atoms with E-state index in [1.807, 2.05) is 12.1 Å². The highest BCUT2D eigenvalue weighted by molar-refractivity contribution is 6.18. The summed E-state index contributed by atoms with van der Waals surface area (Å²) in [5.74, 6) is 3.02. The van der Waals surface area contributed by atoms with Crippen molar-refractivity contribution in [3.8, 4) is 0 Å². The maximum Gasteiger partial charge on any atom is 0.129 e. The third-order valence-electron chi connectivity index (χ3n) is 4.82. The molecule has 1 saturated heterocycles. The van der Waals surface area contributed by atoms with Crippen LogP contribution in [-0.4, -0.2) is 17.6 Å². The maximum absolute atomic E-state index is 6.16. The summed E-state index contributed by atoms with van der Waals surface area (Å²) in [4.78, 5) is 7.35. The summed E-state index contributed by atoms with van der Waals surface area (Å²) in [7, 11) is 0. The second kappa shape index (κ2) is 5.84. The molecule has 112 valence electrons. The third kappa shape index (κ3) is 2.74. The SMILES string of the molecule is CC1CC(C)C(C)N(c2cc(CCl)c3ccccc3n2)C1. The van der Waals surface area contributed by atoms with Gasteiger partial charge in [0.25, 0.3) is 0 Å². The zero-order chi connectivity index (χ0) is 15.0. The molecule has 21 heavy (non-hydrogen) atoms. The van der Waals surface area contributed by atoms with Gasteiger partial charge in [-0.05, 0) is 42.9 Å². The topological polar surface area (TPSA) is 16.1 Å². The molecule has 1 aliphatic rings. The van der Waals surface area contributed by atoms with Crippen LogP contribution in [0.2, 0.25) is 0 Å². The molecule has 0 aliphatic carbocycles. The van der Waals surface area contributed by atoms with Gasteiger partial charge in [0.1, 0.15) is 5.82 Å². The van der Waals surface area contributed by atoms with E-state index in [9.17, 15) is 0 Å². The summed E-state index contributed by atoms with van der Waals surface area (Å²) < 4.78 is 0. The van der Waals surface area contributed by atoms with Gasteiger partial charge in [0.05, 0.1) is 5.52 Å². The molecule has 1 fully saturated rings. The van der Waals surface area contributed by atoms with Crippen molar-refractivity contribution in [2.24, 2.45) is 11.8 Å². The zero-order valence-electron chi connectivity index (χ0n) is 13.0. The molecule has 2 nitrogen and oxygen atoms in total. The fourth-order valence-corrected chi connectivity index (χ4v) is 3.73. The van der Waals surface area contributed by atoms with Crippen LogP contribution in [0.25, 0.3) is 10.9 Å². The molecular formula is C18H23ClN2. The molecule has 3 rings (SSSR count). The largest absolute Gasteiger partial charge is 0.353 e. The molecule has 2 aromatic rings. The summed E-state index contributed by atoms with van der Waals surface area (Å²) in [5, 5.41) is 1.17. The number of alkyl halides is 1. The van der Waals surface area contributed by atoms with E-state index in [-0.39, 0.29) is 0 Å². The minimum Gasteiger partial charge on any atom is -0.353 e. The molecular weight excluding hydrogens is 280 g/mol. The van der Waals surface area contributed by atoms with Gasteiger partial charge in [-0.1, -0.05) is 32.0 Å². The van der Waals surface area contributed by atoms with E-state index in [4.69, 9.17) is 16.6 Å². The quantitative estimate of drug-likeness (QED) is 0.738. The van der Waals surface area contributed by atoms with Crippen LogP contribution >= 0.6 is 11.6 Å². The molecule has 2 heterocycles. The van der Waals surface area contributed by atoms with Gasteiger partial charge in [0.2, 0.25) is 0 Å². The van der Waals surface area contributed by atoms with Gasteiger partial charge in [0, 0.05) is 23.9 Å². The van der Waals surface area contributed by atoms with Crippen molar-refractivity contribution in [3.05, 3.63) is 35.9 Å². The first kappa shape index (κ1) is 14.6. The summed E-state index contributed by atoms with van der Waals surface area (Å²) in [6.07, 6.45) is 1.30. The summed E-state index contributed by atoms with van der Waals surface area (Å²) in [6.45, 7) is 8.07. The van der Waals surface area contributed by atoms with Gasteiger partial charge in [-0.3, -0.25) is 0 Å². The number of piperidine rings is 1. The fourth-order valence-electron chi connectivity index (χ4n) is 3.51. The minimum absolute atomic E-state index is 0.526. The molecule has 0 spiro atoms. The average Bonchev–Trinajstić information content (AvgIpc) is 2.49. The average molecular weight is 303 g/mol. The Morgan fingerprint density at radius 3 is 2.76 bits per heavy atom. The molecule has 1 aromatic heterocycles. The number of nitrogens with zero attached hydrogens (tertiary/aromatic N) is 2. The number of benzene rings is 1. The Labute approximate surface area is 132 Å². The Hall–Kier alpha value is -1.28. The highest BCUT2D eigenvalue weighted by Gasteiger charge is 2.29. The number of pyridine rings is 1. The maximum atomic E-state index is 6.16. The normalized spacial score (nSPS) is 26.3. The van der Waals surface area contributed by atoms with Crippen LogP contribution in [0.5, 0.6) is 0 Å². The second-order valence-corrected chi connectivity index (χ2v) is 6.77. The molecule has 0 amide bonds. The Bertz CT molecular complexity index is 640. The molecule has 1 aromatic carbocycles. The number of para-hydroxylation sites is 1. The van der Waals surface area contributed by atoms with E-state index in [0.29, 0.717) is 23.8 Å². The van der Waals surface area contributed by atoms with Crippen LogP contribution in [0.1, 0.15) is 32.8 Å². The van der Waals surface area contributed by atoms with Gasteiger partial charge in [-0.15, -0.1) is 11.6 Å². The lowest BCUT2D eigenvalue weighted by atomic mass is 9.86. The summed E-state index contributed by atoms with van der Waals surface area (Å²) in [5.41, 5.74) is 2.22. The smallest absolute Gasteiger partial charge is 0.129 e. The van der Waals surface area contributed by atoms with Crippen molar-refractivity contribution >= 4 is 28.3 Å². The second-order valence-electron chi connectivity index (χ2n) is 6.50. The first-order valence-electron chi connectivity index (χ1n) is 7.81. The molecule has 0 N–H and O–H groups in total. The predicted octanol–water partition coefficient (Wildman–Crippen LogP) is 4.84. The monoisotopic (exact) mass is 302 g/mol. The number of hydrogen-bond acceptors (Lipinski definition) is 2. The van der Waals surface area contributed by atoms with Gasteiger partial charge in [0.15, 0.2) is 0 Å². The van der Waals surface area contributed by atoms with E-state index >= 15 is 0 Å². The van der Waals surface area contributed by atoms with Crippen LogP contribution < -0.4 is 4.90 Å². The first-order valence-corrected chi connectivity index (χ1v) is 8.35. The molecule has 1 aliphatic heterocycles. The van der Waals surface area contributed by atoms with Crippen LogP contribution in [0.3, 0.4) is 0 Å². The summed E-state index contributed by atoms with van der Waals surface area (Å²) >= 11 is 6.16. The Morgan fingerprint density at radius 1 is 1.24 bits per heavy atom. The summed E-state index contributed by atoms with van der Waals surface area (Å²) in [6, 6.07) is 11.0. The first-order chi connectivity index (χ1) is 10.1. The van der Waals surface area contributed by atoms with Gasteiger partial charge < -0.3 is 4.90 Å². The number of anilines is 1. The Kier molecular flexibility index (Phi) is 4.08. The number of fused-ring (bicyclic) bond motifs is 1. The van der Waals surface area contributed by atoms with E-state index < -0.39 is 0 Å². The highest BCUT2D eigenvalue weighted by Crippen LogP contribution is 2.32. The Morgan fingerprint density at radius 2 is 2.00 bits per heavy atom. The third-order valence-corrected chi connectivity index (χ3v) is 5.11. The molecule has 3 atom stereocenters. The van der Waals surface area contributed by atoms with Crippen LogP contribution in [0.4, 0.5) is 5.82 Å². The molecule has 0 radical (unpaired) electrons. The van der Waals surface area contributed by atoms with Gasteiger partial charge in [-0.25, -0.2) is 4.98 Å². The van der Waals surface area contributed by atoms with E-state index in [1.54, 1.807) is 0 Å². The lowest BCUT2D eigenvalue weighted by Gasteiger charge is -2.42. The van der Waals surface area contributed by atoms with Crippen molar-refractivity contribution in [2.45, 2.75) is 39.1 Å². The van der Waals surface area contributed by atoms with E-state index in [2.05, 4.69) is 43.9 Å². The molecule has 0 bridgehead atoms. The lowest BCUT2D eigenvalue weighted by Crippen LogP contribution is -2.46.